The van der Waals surface area contributed by atoms with Crippen molar-refractivity contribution >= 4 is 5.78 Å². The van der Waals surface area contributed by atoms with Gasteiger partial charge >= 0.3 is 12.3 Å². The first kappa shape index (κ1) is 16.4. The number of alkyl halides is 4. The molecule has 0 saturated heterocycles. The molecule has 0 spiro atoms. The van der Waals surface area contributed by atoms with Crippen LogP contribution in [0.2, 0.25) is 0 Å². The molecule has 0 aromatic heterocycles. The number of ketones is 1. The normalized spacial score (nSPS) is 12.0. The van der Waals surface area contributed by atoms with Crippen molar-refractivity contribution in [2.24, 2.45) is 0 Å². The van der Waals surface area contributed by atoms with E-state index in [1.807, 2.05) is 0 Å². The van der Waals surface area contributed by atoms with Crippen LogP contribution in [0.3, 0.4) is 0 Å². The number of halogens is 7. The predicted octanol–water partition coefficient (Wildman–Crippen LogP) is 3.20. The predicted molar refractivity (Wildman–Crippen MR) is 52.4 cm³/mol. The zero-order valence-electron chi connectivity index (χ0n) is 9.61. The Morgan fingerprint density at radius 3 is 2.30 bits per heavy atom. The molecule has 0 N–H and O–H groups in total. The van der Waals surface area contributed by atoms with E-state index in [9.17, 15) is 35.5 Å². The molecular formula is C11H7F7O2. The summed E-state index contributed by atoms with van der Waals surface area (Å²) in [5.41, 5.74) is -0.927. The van der Waals surface area contributed by atoms with E-state index in [1.54, 1.807) is 0 Å². The smallest absolute Gasteiger partial charge is 0.330 e. The standard InChI is InChI=1S/C11H7F7O2/c12-6-2-1-5(8(13)9(6)14)7(19)3-20-4-11(17,18)10(15)16/h1-2,10H,3-4H2. The minimum atomic E-state index is -4.47. The molecule has 0 amide bonds. The average Bonchev–Trinajstić information content (AvgIpc) is 2.35. The molecule has 0 atom stereocenters. The lowest BCUT2D eigenvalue weighted by atomic mass is 10.1. The third-order valence-electron chi connectivity index (χ3n) is 2.18. The lowest BCUT2D eigenvalue weighted by Gasteiger charge is -2.14. The van der Waals surface area contributed by atoms with Crippen LogP contribution in [0.1, 0.15) is 10.4 Å². The first-order valence-electron chi connectivity index (χ1n) is 5.07. The molecule has 0 aliphatic rings. The summed E-state index contributed by atoms with van der Waals surface area (Å²) >= 11 is 0. The number of hydrogen-bond acceptors (Lipinski definition) is 2. The quantitative estimate of drug-likeness (QED) is 0.458. The van der Waals surface area contributed by atoms with Gasteiger partial charge in [-0.05, 0) is 12.1 Å². The zero-order chi connectivity index (χ0) is 15.5. The van der Waals surface area contributed by atoms with Crippen LogP contribution in [0.4, 0.5) is 30.7 Å². The van der Waals surface area contributed by atoms with Crippen LogP contribution in [-0.2, 0) is 4.74 Å². The molecule has 2 nitrogen and oxygen atoms in total. The molecular weight excluding hydrogens is 297 g/mol. The maximum Gasteiger partial charge on any atom is 0.330 e. The van der Waals surface area contributed by atoms with Gasteiger partial charge in [0, 0.05) is 0 Å². The third-order valence-corrected chi connectivity index (χ3v) is 2.18. The largest absolute Gasteiger partial charge is 0.367 e. The molecule has 1 aromatic carbocycles. The molecule has 20 heavy (non-hydrogen) atoms. The Bertz CT molecular complexity index is 502. The van der Waals surface area contributed by atoms with Crippen molar-refractivity contribution in [2.45, 2.75) is 12.3 Å². The molecule has 0 bridgehead atoms. The van der Waals surface area contributed by atoms with Crippen molar-refractivity contribution < 1.29 is 40.3 Å². The first-order chi connectivity index (χ1) is 9.16. The molecule has 1 aromatic rings. The van der Waals surface area contributed by atoms with Gasteiger partial charge in [-0.1, -0.05) is 0 Å². The van der Waals surface area contributed by atoms with Gasteiger partial charge in [-0.2, -0.15) is 8.78 Å². The SMILES string of the molecule is O=C(COCC(F)(F)C(F)F)c1ccc(F)c(F)c1F. The maximum absolute atomic E-state index is 13.1. The van der Waals surface area contributed by atoms with Crippen LogP contribution >= 0.6 is 0 Å². The van der Waals surface area contributed by atoms with Crippen LogP contribution in [-0.4, -0.2) is 31.3 Å². The number of benzene rings is 1. The molecule has 112 valence electrons. The molecule has 0 unspecified atom stereocenters. The summed E-state index contributed by atoms with van der Waals surface area (Å²) in [6.45, 7) is -2.94. The molecule has 0 radical (unpaired) electrons. The average molecular weight is 304 g/mol. The fourth-order valence-corrected chi connectivity index (χ4v) is 1.16. The van der Waals surface area contributed by atoms with Crippen LogP contribution in [0.25, 0.3) is 0 Å². The lowest BCUT2D eigenvalue weighted by Crippen LogP contribution is -2.33. The molecule has 0 aliphatic heterocycles. The van der Waals surface area contributed by atoms with E-state index >= 15 is 0 Å². The highest BCUT2D eigenvalue weighted by Gasteiger charge is 2.41. The van der Waals surface area contributed by atoms with Crippen LogP contribution < -0.4 is 0 Å². The van der Waals surface area contributed by atoms with E-state index in [0.29, 0.717) is 12.1 Å². The highest BCUT2D eigenvalue weighted by Crippen LogP contribution is 2.23. The van der Waals surface area contributed by atoms with Gasteiger partial charge in [0.2, 0.25) is 0 Å². The number of hydrogen-bond donors (Lipinski definition) is 0. The minimum Gasteiger partial charge on any atom is -0.367 e. The molecule has 1 rings (SSSR count). The van der Waals surface area contributed by atoms with Crippen molar-refractivity contribution in [1.82, 2.24) is 0 Å². The molecule has 0 aliphatic carbocycles. The first-order valence-corrected chi connectivity index (χ1v) is 5.07. The summed E-state index contributed by atoms with van der Waals surface area (Å²) in [5.74, 6) is -11.0. The second kappa shape index (κ2) is 6.21. The molecule has 0 fully saturated rings. The van der Waals surface area contributed by atoms with E-state index < -0.39 is 54.4 Å². The lowest BCUT2D eigenvalue weighted by molar-refractivity contribution is -0.163. The van der Waals surface area contributed by atoms with Crippen LogP contribution in [0, 0.1) is 17.5 Å². The van der Waals surface area contributed by atoms with Gasteiger partial charge in [-0.25, -0.2) is 22.0 Å². The van der Waals surface area contributed by atoms with E-state index in [0.717, 1.165) is 0 Å². The Hall–Kier alpha value is -1.64. The van der Waals surface area contributed by atoms with Gasteiger partial charge in [0.1, 0.15) is 13.2 Å². The summed E-state index contributed by atoms with van der Waals surface area (Å²) in [4.78, 5) is 11.3. The third kappa shape index (κ3) is 3.69. The fraction of sp³-hybridized carbons (Fsp3) is 0.364. The Morgan fingerprint density at radius 2 is 1.75 bits per heavy atom. The topological polar surface area (TPSA) is 26.3 Å². The second-order valence-electron chi connectivity index (χ2n) is 3.70. The Balaban J connectivity index is 2.67. The van der Waals surface area contributed by atoms with E-state index in [-0.39, 0.29) is 0 Å². The van der Waals surface area contributed by atoms with Gasteiger partial charge in [-0.3, -0.25) is 4.79 Å². The Morgan fingerprint density at radius 1 is 1.15 bits per heavy atom. The van der Waals surface area contributed by atoms with Gasteiger partial charge in [0.25, 0.3) is 0 Å². The second-order valence-corrected chi connectivity index (χ2v) is 3.70. The van der Waals surface area contributed by atoms with E-state index in [1.165, 1.54) is 0 Å². The number of carbonyl (C=O) groups excluding carboxylic acids is 1. The molecule has 9 heteroatoms. The molecule has 0 saturated carbocycles. The van der Waals surface area contributed by atoms with Crippen LogP contribution in [0.15, 0.2) is 12.1 Å². The number of carbonyl (C=O) groups is 1. The van der Waals surface area contributed by atoms with Crippen molar-refractivity contribution in [2.75, 3.05) is 13.2 Å². The van der Waals surface area contributed by atoms with Gasteiger partial charge in [0.15, 0.2) is 23.2 Å². The van der Waals surface area contributed by atoms with Crippen molar-refractivity contribution in [1.29, 1.82) is 0 Å². The van der Waals surface area contributed by atoms with Gasteiger partial charge < -0.3 is 4.74 Å². The highest BCUT2D eigenvalue weighted by molar-refractivity contribution is 5.97. The van der Waals surface area contributed by atoms with Crippen LogP contribution in [0.5, 0.6) is 0 Å². The van der Waals surface area contributed by atoms with Crippen molar-refractivity contribution in [3.8, 4) is 0 Å². The van der Waals surface area contributed by atoms with E-state index in [2.05, 4.69) is 4.74 Å². The summed E-state index contributed by atoms with van der Waals surface area (Å²) in [5, 5.41) is 0. The number of rotatable bonds is 6. The summed E-state index contributed by atoms with van der Waals surface area (Å²) < 4.78 is 90.9. The monoisotopic (exact) mass is 304 g/mol. The number of Topliss-reactive ketones (excluding diaryl/α,β-unsaturated/α-hetero) is 1. The zero-order valence-corrected chi connectivity index (χ0v) is 9.61. The number of ether oxygens (including phenoxy) is 1. The molecule has 0 heterocycles. The van der Waals surface area contributed by atoms with Crippen molar-refractivity contribution in [3.63, 3.8) is 0 Å². The maximum atomic E-state index is 13.1. The Labute approximate surface area is 108 Å². The minimum absolute atomic E-state index is 0.458. The fourth-order valence-electron chi connectivity index (χ4n) is 1.16. The van der Waals surface area contributed by atoms with Crippen molar-refractivity contribution in [3.05, 3.63) is 35.1 Å². The summed E-state index contributed by atoms with van der Waals surface area (Å²) in [6, 6.07) is 1.05. The Kier molecular flexibility index (Phi) is 5.09. The van der Waals surface area contributed by atoms with E-state index in [4.69, 9.17) is 0 Å². The highest BCUT2D eigenvalue weighted by atomic mass is 19.3. The summed E-state index contributed by atoms with van der Waals surface area (Å²) in [7, 11) is 0. The van der Waals surface area contributed by atoms with Gasteiger partial charge in [-0.15, -0.1) is 0 Å². The summed E-state index contributed by atoms with van der Waals surface area (Å²) in [6.07, 6.45) is -3.99. The van der Waals surface area contributed by atoms with Gasteiger partial charge in [0.05, 0.1) is 5.56 Å².